The first-order valence-corrected chi connectivity index (χ1v) is 6.46. The van der Waals surface area contributed by atoms with Crippen molar-refractivity contribution >= 4 is 5.91 Å². The highest BCUT2D eigenvalue weighted by molar-refractivity contribution is 5.79. The minimum atomic E-state index is 0.115. The van der Waals surface area contributed by atoms with Gasteiger partial charge >= 0.3 is 0 Å². The first-order valence-electron chi connectivity index (χ1n) is 6.46. The smallest absolute Gasteiger partial charge is 0.223 e. The van der Waals surface area contributed by atoms with Crippen LogP contribution in [0.15, 0.2) is 0 Å². The van der Waals surface area contributed by atoms with E-state index in [-0.39, 0.29) is 17.9 Å². The molecule has 1 fully saturated rings. The van der Waals surface area contributed by atoms with E-state index in [4.69, 9.17) is 16.2 Å². The van der Waals surface area contributed by atoms with Crippen molar-refractivity contribution in [3.8, 4) is 0 Å². The van der Waals surface area contributed by atoms with Gasteiger partial charge in [-0.05, 0) is 25.2 Å². The van der Waals surface area contributed by atoms with Crippen molar-refractivity contribution in [3.63, 3.8) is 0 Å². The molecule has 5 N–H and O–H groups in total. The van der Waals surface area contributed by atoms with Gasteiger partial charge in [0.1, 0.15) is 0 Å². The van der Waals surface area contributed by atoms with Gasteiger partial charge < -0.3 is 21.5 Å². The van der Waals surface area contributed by atoms with E-state index in [0.717, 1.165) is 19.3 Å². The third-order valence-electron chi connectivity index (χ3n) is 3.35. The van der Waals surface area contributed by atoms with Crippen LogP contribution in [0.5, 0.6) is 0 Å². The van der Waals surface area contributed by atoms with Gasteiger partial charge in [0.15, 0.2) is 0 Å². The fourth-order valence-corrected chi connectivity index (χ4v) is 2.39. The highest BCUT2D eigenvalue weighted by atomic mass is 16.5. The van der Waals surface area contributed by atoms with Gasteiger partial charge in [0.25, 0.3) is 0 Å². The highest BCUT2D eigenvalue weighted by Gasteiger charge is 2.30. The lowest BCUT2D eigenvalue weighted by Gasteiger charge is -2.31. The van der Waals surface area contributed by atoms with Crippen molar-refractivity contribution in [1.82, 2.24) is 5.32 Å². The normalized spacial score (nSPS) is 29.0. The molecule has 5 heteroatoms. The molecule has 1 saturated carbocycles. The number of carbonyl (C=O) groups excluding carboxylic acids is 1. The van der Waals surface area contributed by atoms with Crippen molar-refractivity contribution in [2.75, 3.05) is 26.3 Å². The second kappa shape index (κ2) is 7.63. The number of ether oxygens (including phenoxy) is 1. The van der Waals surface area contributed by atoms with Gasteiger partial charge in [-0.15, -0.1) is 0 Å². The van der Waals surface area contributed by atoms with E-state index in [1.54, 1.807) is 0 Å². The lowest BCUT2D eigenvalue weighted by molar-refractivity contribution is -0.127. The van der Waals surface area contributed by atoms with E-state index in [1.807, 2.05) is 0 Å². The molecule has 0 aromatic heterocycles. The Balaban J connectivity index is 2.18. The Kier molecular flexibility index (Phi) is 6.47. The van der Waals surface area contributed by atoms with Crippen molar-refractivity contribution in [2.24, 2.45) is 23.3 Å². The largest absolute Gasteiger partial charge is 0.378 e. The summed E-state index contributed by atoms with van der Waals surface area (Å²) in [7, 11) is 0. The molecule has 0 aromatic rings. The predicted molar refractivity (Wildman–Crippen MR) is 67.4 cm³/mol. The molecule has 0 aromatic carbocycles. The molecule has 0 spiro atoms. The van der Waals surface area contributed by atoms with E-state index < -0.39 is 0 Å². The summed E-state index contributed by atoms with van der Waals surface area (Å²) >= 11 is 0. The van der Waals surface area contributed by atoms with Crippen molar-refractivity contribution in [1.29, 1.82) is 0 Å². The number of hydrogen-bond donors (Lipinski definition) is 3. The minimum Gasteiger partial charge on any atom is -0.378 e. The molecule has 0 bridgehead atoms. The van der Waals surface area contributed by atoms with Crippen molar-refractivity contribution in [2.45, 2.75) is 32.2 Å². The van der Waals surface area contributed by atoms with E-state index in [0.29, 0.717) is 32.2 Å². The van der Waals surface area contributed by atoms with Crippen LogP contribution >= 0.6 is 0 Å². The maximum Gasteiger partial charge on any atom is 0.223 e. The first-order chi connectivity index (χ1) is 8.15. The molecular formula is C12H25N3O2. The van der Waals surface area contributed by atoms with Crippen LogP contribution in [0, 0.1) is 11.8 Å². The maximum atomic E-state index is 11.9. The van der Waals surface area contributed by atoms with Crippen LogP contribution in [-0.2, 0) is 9.53 Å². The molecule has 0 aliphatic heterocycles. The van der Waals surface area contributed by atoms with Gasteiger partial charge in [-0.2, -0.15) is 0 Å². The van der Waals surface area contributed by atoms with Gasteiger partial charge in [0.2, 0.25) is 5.91 Å². The Hall–Kier alpha value is -0.650. The fourth-order valence-electron chi connectivity index (χ4n) is 2.39. The predicted octanol–water partition coefficient (Wildman–Crippen LogP) is -0.159. The average Bonchev–Trinajstić information content (AvgIpc) is 2.28. The molecule has 1 aliphatic rings. The van der Waals surface area contributed by atoms with E-state index in [2.05, 4.69) is 12.2 Å². The van der Waals surface area contributed by atoms with Crippen LogP contribution in [0.2, 0.25) is 0 Å². The summed E-state index contributed by atoms with van der Waals surface area (Å²) in [6.45, 7) is 4.27. The van der Waals surface area contributed by atoms with Crippen LogP contribution in [-0.4, -0.2) is 38.3 Å². The van der Waals surface area contributed by atoms with Gasteiger partial charge in [-0.1, -0.05) is 6.92 Å². The Morgan fingerprint density at radius 3 is 2.82 bits per heavy atom. The minimum absolute atomic E-state index is 0.115. The molecule has 1 amide bonds. The Morgan fingerprint density at radius 2 is 2.18 bits per heavy atom. The van der Waals surface area contributed by atoms with E-state index in [1.165, 1.54) is 0 Å². The third kappa shape index (κ3) is 5.02. The topological polar surface area (TPSA) is 90.4 Å². The summed E-state index contributed by atoms with van der Waals surface area (Å²) in [5.41, 5.74) is 11.2. The number of nitrogens with one attached hydrogen (secondary N) is 1. The van der Waals surface area contributed by atoms with Crippen LogP contribution < -0.4 is 16.8 Å². The number of nitrogens with two attached hydrogens (primary N) is 2. The van der Waals surface area contributed by atoms with Gasteiger partial charge in [0, 0.05) is 25.0 Å². The summed E-state index contributed by atoms with van der Waals surface area (Å²) in [5, 5.41) is 2.91. The number of carbonyl (C=O) groups is 1. The molecule has 1 rings (SSSR count). The zero-order chi connectivity index (χ0) is 12.7. The molecule has 5 nitrogen and oxygen atoms in total. The number of amides is 1. The summed E-state index contributed by atoms with van der Waals surface area (Å²) in [4.78, 5) is 11.9. The Labute approximate surface area is 103 Å². The average molecular weight is 243 g/mol. The zero-order valence-electron chi connectivity index (χ0n) is 10.7. The Morgan fingerprint density at radius 1 is 1.41 bits per heavy atom. The second-order valence-electron chi connectivity index (χ2n) is 4.85. The molecule has 17 heavy (non-hydrogen) atoms. The molecule has 1 aliphatic carbocycles. The van der Waals surface area contributed by atoms with E-state index in [9.17, 15) is 4.79 Å². The number of rotatable bonds is 6. The highest BCUT2D eigenvalue weighted by Crippen LogP contribution is 2.28. The molecule has 3 unspecified atom stereocenters. The first kappa shape index (κ1) is 14.4. The van der Waals surface area contributed by atoms with Crippen LogP contribution in [0.1, 0.15) is 26.2 Å². The van der Waals surface area contributed by atoms with Gasteiger partial charge in [0.05, 0.1) is 13.2 Å². The summed E-state index contributed by atoms with van der Waals surface area (Å²) < 4.78 is 5.20. The molecular weight excluding hydrogens is 218 g/mol. The third-order valence-corrected chi connectivity index (χ3v) is 3.35. The quantitative estimate of drug-likeness (QED) is 0.565. The van der Waals surface area contributed by atoms with Crippen LogP contribution in [0.4, 0.5) is 0 Å². The lowest BCUT2D eigenvalue weighted by Crippen LogP contribution is -2.41. The van der Waals surface area contributed by atoms with Crippen LogP contribution in [0.3, 0.4) is 0 Å². The molecule has 0 saturated heterocycles. The monoisotopic (exact) mass is 243 g/mol. The van der Waals surface area contributed by atoms with Crippen LogP contribution in [0.25, 0.3) is 0 Å². The maximum absolute atomic E-state index is 11.9. The molecule has 3 atom stereocenters. The number of hydrogen-bond acceptors (Lipinski definition) is 4. The summed E-state index contributed by atoms with van der Waals surface area (Å²) in [6, 6.07) is 0.266. The molecule has 0 heterocycles. The standard InChI is InChI=1S/C12H25N3O2/c1-9-8-10(14)2-3-11(9)12(16)15-5-7-17-6-4-13/h9-11H,2-8,13-14H2,1H3,(H,15,16). The Bertz CT molecular complexity index is 236. The molecule has 0 radical (unpaired) electrons. The van der Waals surface area contributed by atoms with E-state index >= 15 is 0 Å². The van der Waals surface area contributed by atoms with Gasteiger partial charge in [-0.3, -0.25) is 4.79 Å². The SMILES string of the molecule is CC1CC(N)CCC1C(=O)NCCOCCN. The van der Waals surface area contributed by atoms with Gasteiger partial charge in [-0.25, -0.2) is 0 Å². The van der Waals surface area contributed by atoms with Crippen molar-refractivity contribution < 1.29 is 9.53 Å². The summed E-state index contributed by atoms with van der Waals surface area (Å²) in [6.07, 6.45) is 2.80. The van der Waals surface area contributed by atoms with Crippen molar-refractivity contribution in [3.05, 3.63) is 0 Å². The molecule has 100 valence electrons. The second-order valence-corrected chi connectivity index (χ2v) is 4.85. The summed E-state index contributed by atoms with van der Waals surface area (Å²) in [5.74, 6) is 0.633. The fraction of sp³-hybridized carbons (Fsp3) is 0.917. The lowest BCUT2D eigenvalue weighted by atomic mass is 9.78. The zero-order valence-corrected chi connectivity index (χ0v) is 10.7.